The molecule has 1 unspecified atom stereocenters. The van der Waals surface area contributed by atoms with Crippen molar-refractivity contribution in [2.24, 2.45) is 5.73 Å². The molecule has 8 nitrogen and oxygen atoms in total. The minimum atomic E-state index is -0.721. The van der Waals surface area contributed by atoms with Gasteiger partial charge < -0.3 is 20.6 Å². The number of hydrogen-bond donors (Lipinski definition) is 2. The number of piperidine rings is 1. The number of halogens is 2. The van der Waals surface area contributed by atoms with Crippen molar-refractivity contribution < 1.29 is 18.7 Å². The van der Waals surface area contributed by atoms with Gasteiger partial charge in [0.05, 0.1) is 17.4 Å². The quantitative estimate of drug-likeness (QED) is 0.580. The summed E-state index contributed by atoms with van der Waals surface area (Å²) in [6.45, 7) is 1.99. The highest BCUT2D eigenvalue weighted by Gasteiger charge is 2.27. The van der Waals surface area contributed by atoms with Crippen molar-refractivity contribution in [3.63, 3.8) is 0 Å². The van der Waals surface area contributed by atoms with Crippen LogP contribution >= 0.6 is 0 Å². The molecule has 1 aromatic heterocycles. The van der Waals surface area contributed by atoms with Gasteiger partial charge in [0.1, 0.15) is 17.6 Å². The predicted octanol–water partition coefficient (Wildman–Crippen LogP) is 2.82. The topological polar surface area (TPSA) is 111 Å². The number of nitrogens with two attached hydrogens (primary N) is 1. The summed E-state index contributed by atoms with van der Waals surface area (Å²) in [4.78, 5) is 16.8. The van der Waals surface area contributed by atoms with Crippen LogP contribution in [0.2, 0.25) is 0 Å². The summed E-state index contributed by atoms with van der Waals surface area (Å²) in [5.41, 5.74) is 7.39. The molecule has 0 radical (unpaired) electrons. The number of aliphatic hydroxyl groups is 1. The van der Waals surface area contributed by atoms with Crippen LogP contribution in [0.5, 0.6) is 0 Å². The molecule has 2 aliphatic rings. The first-order valence-electron chi connectivity index (χ1n) is 11.9. The number of rotatable bonds is 4. The zero-order valence-corrected chi connectivity index (χ0v) is 19.6. The first kappa shape index (κ1) is 23.9. The molecule has 0 saturated carbocycles. The highest BCUT2D eigenvalue weighted by Crippen LogP contribution is 2.30. The maximum atomic E-state index is 15.4. The lowest BCUT2D eigenvalue weighted by atomic mass is 10.1. The standard InChI is InChI=1S/C26H26F2N6O2/c27-21-10-16(3-4-17(21)13-29)25-12-23(26(36)33-8-1-2-18(30)14-33)31-34(25)24-6-5-19(11-22(24)28)32-9-7-20(35)15-32/h3-6,10-12,18,20,35H,1-2,7-9,14-15,30H2/t18-,20?/m1/s1. The zero-order chi connectivity index (χ0) is 25.4. The van der Waals surface area contributed by atoms with E-state index in [1.807, 2.05) is 4.90 Å². The number of anilines is 1. The Balaban J connectivity index is 1.57. The van der Waals surface area contributed by atoms with Crippen LogP contribution in [0, 0.1) is 23.0 Å². The Bertz CT molecular complexity index is 1350. The number of amides is 1. The number of β-amino-alcohol motifs (C(OH)–C–C–N with tert-alkyl or cyclic N) is 1. The lowest BCUT2D eigenvalue weighted by Crippen LogP contribution is -2.45. The lowest BCUT2D eigenvalue weighted by molar-refractivity contribution is 0.0702. The molecule has 2 aromatic carbocycles. The van der Waals surface area contributed by atoms with Crippen LogP contribution < -0.4 is 10.6 Å². The molecule has 36 heavy (non-hydrogen) atoms. The van der Waals surface area contributed by atoms with E-state index in [0.29, 0.717) is 49.5 Å². The number of aliphatic hydroxyl groups excluding tert-OH is 1. The van der Waals surface area contributed by atoms with E-state index in [1.54, 1.807) is 23.1 Å². The third-order valence-corrected chi connectivity index (χ3v) is 6.75. The largest absolute Gasteiger partial charge is 0.391 e. The van der Waals surface area contributed by atoms with Crippen LogP contribution in [0.15, 0.2) is 42.5 Å². The van der Waals surface area contributed by atoms with Gasteiger partial charge in [0, 0.05) is 43.5 Å². The summed E-state index contributed by atoms with van der Waals surface area (Å²) in [6, 6.07) is 11.9. The molecule has 2 saturated heterocycles. The first-order chi connectivity index (χ1) is 17.3. The van der Waals surface area contributed by atoms with Crippen molar-refractivity contribution in [1.29, 1.82) is 5.26 Å². The Morgan fingerprint density at radius 2 is 1.92 bits per heavy atom. The maximum Gasteiger partial charge on any atom is 0.274 e. The number of aromatic nitrogens is 2. The second-order valence-corrected chi connectivity index (χ2v) is 9.31. The van der Waals surface area contributed by atoms with Crippen LogP contribution in [0.3, 0.4) is 0 Å². The third kappa shape index (κ3) is 4.55. The Morgan fingerprint density at radius 3 is 2.58 bits per heavy atom. The van der Waals surface area contributed by atoms with Gasteiger partial charge >= 0.3 is 0 Å². The van der Waals surface area contributed by atoms with Crippen molar-refractivity contribution in [1.82, 2.24) is 14.7 Å². The number of likely N-dealkylation sites (tertiary alicyclic amines) is 1. The predicted molar refractivity (Wildman–Crippen MR) is 130 cm³/mol. The second kappa shape index (κ2) is 9.68. The number of hydrogen-bond acceptors (Lipinski definition) is 6. The molecule has 3 aromatic rings. The molecule has 2 aliphatic heterocycles. The van der Waals surface area contributed by atoms with Gasteiger partial charge in [-0.05, 0) is 55.7 Å². The SMILES string of the molecule is N#Cc1ccc(-c2cc(C(=O)N3CCC[C@@H](N)C3)nn2-c2ccc(N3CCC(O)C3)cc2F)cc1F. The molecular weight excluding hydrogens is 466 g/mol. The van der Waals surface area contributed by atoms with Crippen LogP contribution in [0.4, 0.5) is 14.5 Å². The molecule has 2 fully saturated rings. The fraction of sp³-hybridized carbons (Fsp3) is 0.346. The van der Waals surface area contributed by atoms with Gasteiger partial charge in [-0.1, -0.05) is 6.07 Å². The summed E-state index contributed by atoms with van der Waals surface area (Å²) in [6.07, 6.45) is 1.78. The Labute approximate surface area is 207 Å². The van der Waals surface area contributed by atoms with Gasteiger partial charge in [0.15, 0.2) is 11.5 Å². The normalized spacial score (nSPS) is 20.0. The average Bonchev–Trinajstić information content (AvgIpc) is 3.50. The van der Waals surface area contributed by atoms with E-state index in [4.69, 9.17) is 11.0 Å². The summed E-state index contributed by atoms with van der Waals surface area (Å²) in [5, 5.41) is 23.3. The van der Waals surface area contributed by atoms with Gasteiger partial charge in [-0.2, -0.15) is 10.4 Å². The third-order valence-electron chi connectivity index (χ3n) is 6.75. The van der Waals surface area contributed by atoms with Crippen LogP contribution in [0.1, 0.15) is 35.3 Å². The van der Waals surface area contributed by atoms with E-state index < -0.39 is 17.7 Å². The van der Waals surface area contributed by atoms with E-state index in [1.165, 1.54) is 35.0 Å². The lowest BCUT2D eigenvalue weighted by Gasteiger charge is -2.30. The molecular formula is C26H26F2N6O2. The molecule has 5 rings (SSSR count). The number of benzene rings is 2. The average molecular weight is 493 g/mol. The minimum absolute atomic E-state index is 0.0904. The van der Waals surface area contributed by atoms with E-state index in [0.717, 1.165) is 12.8 Å². The summed E-state index contributed by atoms with van der Waals surface area (Å²) in [5.74, 6) is -1.63. The summed E-state index contributed by atoms with van der Waals surface area (Å²) >= 11 is 0. The molecule has 0 spiro atoms. The number of carbonyl (C=O) groups excluding carboxylic acids is 1. The smallest absolute Gasteiger partial charge is 0.274 e. The second-order valence-electron chi connectivity index (χ2n) is 9.31. The van der Waals surface area contributed by atoms with Gasteiger partial charge in [0.25, 0.3) is 5.91 Å². The summed E-state index contributed by atoms with van der Waals surface area (Å²) < 4.78 is 31.2. The highest BCUT2D eigenvalue weighted by atomic mass is 19.1. The van der Waals surface area contributed by atoms with E-state index in [9.17, 15) is 14.3 Å². The van der Waals surface area contributed by atoms with Crippen LogP contribution in [-0.4, -0.2) is 64.0 Å². The Morgan fingerprint density at radius 1 is 1.08 bits per heavy atom. The van der Waals surface area contributed by atoms with Crippen molar-refractivity contribution >= 4 is 11.6 Å². The van der Waals surface area contributed by atoms with Crippen LogP contribution in [0.25, 0.3) is 16.9 Å². The Kier molecular flexibility index (Phi) is 6.43. The van der Waals surface area contributed by atoms with Crippen molar-refractivity contribution in [3.05, 3.63) is 65.4 Å². The minimum Gasteiger partial charge on any atom is -0.391 e. The van der Waals surface area contributed by atoms with Crippen molar-refractivity contribution in [2.45, 2.75) is 31.4 Å². The fourth-order valence-electron chi connectivity index (χ4n) is 4.84. The zero-order valence-electron chi connectivity index (χ0n) is 19.6. The molecule has 1 amide bonds. The van der Waals surface area contributed by atoms with Crippen molar-refractivity contribution in [2.75, 3.05) is 31.1 Å². The Hall–Kier alpha value is -3.81. The monoisotopic (exact) mass is 492 g/mol. The molecule has 0 bridgehead atoms. The van der Waals surface area contributed by atoms with E-state index in [2.05, 4.69) is 5.10 Å². The van der Waals surface area contributed by atoms with Crippen molar-refractivity contribution in [3.8, 4) is 23.0 Å². The van der Waals surface area contributed by atoms with Gasteiger partial charge in [-0.25, -0.2) is 13.5 Å². The van der Waals surface area contributed by atoms with E-state index >= 15 is 4.39 Å². The number of carbonyl (C=O) groups is 1. The van der Waals surface area contributed by atoms with Gasteiger partial charge in [-0.3, -0.25) is 4.79 Å². The molecule has 2 atom stereocenters. The molecule has 3 heterocycles. The molecule has 0 aliphatic carbocycles. The van der Waals surface area contributed by atoms with E-state index in [-0.39, 0.29) is 28.9 Å². The summed E-state index contributed by atoms with van der Waals surface area (Å²) in [7, 11) is 0. The molecule has 186 valence electrons. The van der Waals surface area contributed by atoms with Crippen LogP contribution in [-0.2, 0) is 0 Å². The molecule has 3 N–H and O–H groups in total. The highest BCUT2D eigenvalue weighted by molar-refractivity contribution is 5.93. The fourth-order valence-corrected chi connectivity index (χ4v) is 4.84. The maximum absolute atomic E-state index is 15.4. The van der Waals surface area contributed by atoms with Gasteiger partial charge in [-0.15, -0.1) is 0 Å². The van der Waals surface area contributed by atoms with Gasteiger partial charge in [0.2, 0.25) is 0 Å². The molecule has 10 heteroatoms. The number of nitriles is 1. The first-order valence-corrected chi connectivity index (χ1v) is 11.9. The number of nitrogens with zero attached hydrogens (tertiary/aromatic N) is 5.